The van der Waals surface area contributed by atoms with Crippen LogP contribution in [0.1, 0.15) is 5.56 Å². The molecule has 0 amide bonds. The Kier molecular flexibility index (Phi) is 4.38. The summed E-state index contributed by atoms with van der Waals surface area (Å²) in [5.74, 6) is 0. The number of hydrogen-bond acceptors (Lipinski definition) is 2. The topological polar surface area (TPSA) is 18.5 Å². The van der Waals surface area contributed by atoms with Crippen LogP contribution >= 0.6 is 0 Å². The molecular formula is C15H22O2Si. The van der Waals surface area contributed by atoms with E-state index < -0.39 is 8.07 Å². The average molecular weight is 262 g/mol. The van der Waals surface area contributed by atoms with Crippen LogP contribution in [0.15, 0.2) is 36.0 Å². The van der Waals surface area contributed by atoms with Gasteiger partial charge >= 0.3 is 0 Å². The van der Waals surface area contributed by atoms with Gasteiger partial charge in [-0.15, -0.1) is 0 Å². The van der Waals surface area contributed by atoms with Crippen LogP contribution in [0.25, 0.3) is 5.57 Å². The minimum Gasteiger partial charge on any atom is -0.376 e. The maximum absolute atomic E-state index is 5.87. The largest absolute Gasteiger partial charge is 0.376 e. The average Bonchev–Trinajstić information content (AvgIpc) is 2.37. The van der Waals surface area contributed by atoms with Crippen molar-refractivity contribution in [3.05, 3.63) is 41.6 Å². The Balaban J connectivity index is 2.31. The van der Waals surface area contributed by atoms with Crippen molar-refractivity contribution in [1.29, 1.82) is 0 Å². The summed E-state index contributed by atoms with van der Waals surface area (Å²) in [7, 11) is -1.28. The fourth-order valence-electron chi connectivity index (χ4n) is 2.13. The fraction of sp³-hybridized carbons (Fsp3) is 0.467. The van der Waals surface area contributed by atoms with Gasteiger partial charge in [0.2, 0.25) is 0 Å². The first-order chi connectivity index (χ1) is 8.56. The molecule has 1 unspecified atom stereocenters. The second-order valence-corrected chi connectivity index (χ2v) is 10.8. The Hall–Kier alpha value is -0.903. The van der Waals surface area contributed by atoms with Crippen LogP contribution in [0.2, 0.25) is 19.6 Å². The van der Waals surface area contributed by atoms with E-state index in [0.717, 1.165) is 0 Å². The maximum Gasteiger partial charge on any atom is 0.106 e. The van der Waals surface area contributed by atoms with Gasteiger partial charge in [-0.3, -0.25) is 0 Å². The standard InChI is InChI=1S/C15H22O2Si/c1-18(2,3)12-14(13-7-5-4-6-8-13)15-11-16-9-10-17-15/h4-8,12,15H,9-11H2,1-3H3/b14-12+. The lowest BCUT2D eigenvalue weighted by atomic mass is 10.0. The summed E-state index contributed by atoms with van der Waals surface area (Å²) < 4.78 is 11.4. The first-order valence-corrected chi connectivity index (χ1v) is 10.1. The van der Waals surface area contributed by atoms with E-state index in [9.17, 15) is 0 Å². The van der Waals surface area contributed by atoms with E-state index in [1.165, 1.54) is 11.1 Å². The molecule has 0 N–H and O–H groups in total. The molecule has 1 fully saturated rings. The van der Waals surface area contributed by atoms with Crippen molar-refractivity contribution in [3.8, 4) is 0 Å². The van der Waals surface area contributed by atoms with E-state index >= 15 is 0 Å². The molecule has 0 bridgehead atoms. The molecular weight excluding hydrogens is 240 g/mol. The van der Waals surface area contributed by atoms with Crippen LogP contribution in [-0.4, -0.2) is 34.0 Å². The van der Waals surface area contributed by atoms with Gasteiger partial charge in [0.1, 0.15) is 6.10 Å². The molecule has 0 spiro atoms. The molecule has 1 aromatic carbocycles. The second-order valence-electron chi connectivity index (χ2n) is 5.77. The summed E-state index contributed by atoms with van der Waals surface area (Å²) in [5.41, 5.74) is 4.99. The van der Waals surface area contributed by atoms with Gasteiger partial charge in [0.05, 0.1) is 27.9 Å². The maximum atomic E-state index is 5.87. The highest BCUT2D eigenvalue weighted by Gasteiger charge is 2.23. The van der Waals surface area contributed by atoms with Crippen molar-refractivity contribution in [1.82, 2.24) is 0 Å². The Bertz CT molecular complexity index is 400. The summed E-state index contributed by atoms with van der Waals surface area (Å²) in [4.78, 5) is 0. The fourth-order valence-corrected chi connectivity index (χ4v) is 3.41. The van der Waals surface area contributed by atoms with Crippen molar-refractivity contribution in [3.63, 3.8) is 0 Å². The molecule has 98 valence electrons. The molecule has 2 nitrogen and oxygen atoms in total. The smallest absolute Gasteiger partial charge is 0.106 e. The molecule has 1 saturated heterocycles. The van der Waals surface area contributed by atoms with Gasteiger partial charge in [-0.25, -0.2) is 0 Å². The summed E-state index contributed by atoms with van der Waals surface area (Å²) >= 11 is 0. The molecule has 18 heavy (non-hydrogen) atoms. The van der Waals surface area contributed by atoms with E-state index in [1.807, 2.05) is 6.07 Å². The molecule has 1 atom stereocenters. The molecule has 2 rings (SSSR count). The number of ether oxygens (including phenoxy) is 2. The van der Waals surface area contributed by atoms with E-state index in [1.54, 1.807) is 0 Å². The van der Waals surface area contributed by atoms with Crippen LogP contribution < -0.4 is 0 Å². The molecule has 3 heteroatoms. The van der Waals surface area contributed by atoms with Gasteiger partial charge in [0.25, 0.3) is 0 Å². The lowest BCUT2D eigenvalue weighted by molar-refractivity contribution is -0.0632. The highest BCUT2D eigenvalue weighted by atomic mass is 28.3. The highest BCUT2D eigenvalue weighted by Crippen LogP contribution is 2.25. The normalized spacial score (nSPS) is 21.9. The summed E-state index contributed by atoms with van der Waals surface area (Å²) in [6.45, 7) is 9.12. The van der Waals surface area contributed by atoms with Gasteiger partial charge < -0.3 is 9.47 Å². The summed E-state index contributed by atoms with van der Waals surface area (Å²) in [5, 5.41) is 0. The van der Waals surface area contributed by atoms with Gasteiger partial charge in [-0.2, -0.15) is 0 Å². The molecule has 1 aromatic rings. The predicted octanol–water partition coefficient (Wildman–Crippen LogP) is 3.36. The zero-order valence-electron chi connectivity index (χ0n) is 11.5. The van der Waals surface area contributed by atoms with Gasteiger partial charge in [-0.1, -0.05) is 55.7 Å². The Labute approximate surface area is 111 Å². The minimum atomic E-state index is -1.28. The summed E-state index contributed by atoms with van der Waals surface area (Å²) in [6, 6.07) is 10.5. The zero-order valence-corrected chi connectivity index (χ0v) is 12.5. The molecule has 1 aliphatic rings. The molecule has 1 heterocycles. The first kappa shape index (κ1) is 13.5. The zero-order chi connectivity index (χ0) is 13.0. The monoisotopic (exact) mass is 262 g/mol. The van der Waals surface area contributed by atoms with Crippen LogP contribution in [0.3, 0.4) is 0 Å². The minimum absolute atomic E-state index is 0.0906. The molecule has 0 aliphatic carbocycles. The second kappa shape index (κ2) is 5.82. The number of hydrogen-bond donors (Lipinski definition) is 0. The number of benzene rings is 1. The number of rotatable bonds is 3. The lowest BCUT2D eigenvalue weighted by Gasteiger charge is -2.27. The van der Waals surface area contributed by atoms with Crippen molar-refractivity contribution in [2.24, 2.45) is 0 Å². The van der Waals surface area contributed by atoms with Crippen LogP contribution in [0, 0.1) is 0 Å². The van der Waals surface area contributed by atoms with E-state index in [4.69, 9.17) is 9.47 Å². The highest BCUT2D eigenvalue weighted by molar-refractivity contribution is 6.81. The van der Waals surface area contributed by atoms with Crippen molar-refractivity contribution < 1.29 is 9.47 Å². The third kappa shape index (κ3) is 3.80. The Morgan fingerprint density at radius 1 is 1.17 bits per heavy atom. The lowest BCUT2D eigenvalue weighted by Crippen LogP contribution is -2.31. The third-order valence-electron chi connectivity index (χ3n) is 2.86. The Morgan fingerprint density at radius 3 is 2.44 bits per heavy atom. The van der Waals surface area contributed by atoms with E-state index in [0.29, 0.717) is 19.8 Å². The van der Waals surface area contributed by atoms with Gasteiger partial charge in [0.15, 0.2) is 0 Å². The molecule has 0 radical (unpaired) electrons. The van der Waals surface area contributed by atoms with E-state index in [-0.39, 0.29) is 6.10 Å². The first-order valence-electron chi connectivity index (χ1n) is 6.54. The molecule has 0 saturated carbocycles. The van der Waals surface area contributed by atoms with Gasteiger partial charge in [0, 0.05) is 0 Å². The molecule has 1 aliphatic heterocycles. The predicted molar refractivity (Wildman–Crippen MR) is 78.3 cm³/mol. The SMILES string of the molecule is C[Si](C)(C)/C=C(\c1ccccc1)C1COCCO1. The van der Waals surface area contributed by atoms with Gasteiger partial charge in [-0.05, 0) is 11.1 Å². The van der Waals surface area contributed by atoms with E-state index in [2.05, 4.69) is 49.6 Å². The Morgan fingerprint density at radius 2 is 1.89 bits per heavy atom. The summed E-state index contributed by atoms with van der Waals surface area (Å²) in [6.07, 6.45) is 0.0906. The molecule has 0 aromatic heterocycles. The quantitative estimate of drug-likeness (QED) is 0.778. The van der Waals surface area contributed by atoms with Crippen molar-refractivity contribution >= 4 is 13.6 Å². The van der Waals surface area contributed by atoms with Crippen molar-refractivity contribution in [2.45, 2.75) is 25.7 Å². The van der Waals surface area contributed by atoms with Crippen LogP contribution in [0.4, 0.5) is 0 Å². The third-order valence-corrected chi connectivity index (χ3v) is 4.04. The van der Waals surface area contributed by atoms with Crippen molar-refractivity contribution in [2.75, 3.05) is 19.8 Å². The van der Waals surface area contributed by atoms with Crippen LogP contribution in [-0.2, 0) is 9.47 Å². The van der Waals surface area contributed by atoms with Crippen LogP contribution in [0.5, 0.6) is 0 Å².